The topological polar surface area (TPSA) is 52.6 Å². The van der Waals surface area contributed by atoms with Crippen molar-refractivity contribution in [2.45, 2.75) is 51.6 Å². The fraction of sp³-hybridized carbons (Fsp3) is 0.611. The van der Waals surface area contributed by atoms with Crippen molar-refractivity contribution in [2.75, 3.05) is 13.7 Å². The highest BCUT2D eigenvalue weighted by atomic mass is 16.3. The Morgan fingerprint density at radius 2 is 1.95 bits per heavy atom. The molecule has 0 bridgehead atoms. The van der Waals surface area contributed by atoms with Gasteiger partial charge in [0.05, 0.1) is 6.04 Å². The zero-order valence-electron chi connectivity index (χ0n) is 13.9. The molecule has 0 saturated heterocycles. The average Bonchev–Trinajstić information content (AvgIpc) is 2.54. The number of carbonyl (C=O) groups excluding carboxylic acids is 1. The Bertz CT molecular complexity index is 496. The van der Waals surface area contributed by atoms with Crippen molar-refractivity contribution in [3.63, 3.8) is 0 Å². The lowest BCUT2D eigenvalue weighted by Crippen LogP contribution is -2.45. The molecule has 1 fully saturated rings. The monoisotopic (exact) mass is 304 g/mol. The minimum absolute atomic E-state index is 0.00457. The zero-order chi connectivity index (χ0) is 16.1. The van der Waals surface area contributed by atoms with E-state index in [-0.39, 0.29) is 24.7 Å². The van der Waals surface area contributed by atoms with Crippen LogP contribution >= 0.6 is 0 Å². The smallest absolute Gasteiger partial charge is 0.317 e. The van der Waals surface area contributed by atoms with Crippen molar-refractivity contribution in [3.8, 4) is 0 Å². The number of nitrogens with one attached hydrogen (secondary N) is 1. The van der Waals surface area contributed by atoms with Crippen LogP contribution < -0.4 is 5.32 Å². The molecular weight excluding hydrogens is 276 g/mol. The van der Waals surface area contributed by atoms with Gasteiger partial charge in [-0.2, -0.15) is 0 Å². The summed E-state index contributed by atoms with van der Waals surface area (Å²) < 4.78 is 0. The fourth-order valence-corrected chi connectivity index (χ4v) is 3.32. The van der Waals surface area contributed by atoms with Crippen LogP contribution in [0.3, 0.4) is 0 Å². The molecule has 122 valence electrons. The highest BCUT2D eigenvalue weighted by molar-refractivity contribution is 5.74. The first kappa shape index (κ1) is 16.8. The summed E-state index contributed by atoms with van der Waals surface area (Å²) in [6.45, 7) is 4.36. The van der Waals surface area contributed by atoms with E-state index in [1.54, 1.807) is 0 Å². The summed E-state index contributed by atoms with van der Waals surface area (Å²) in [7, 11) is 1.88. The molecular formula is C18H28N2O2. The van der Waals surface area contributed by atoms with E-state index >= 15 is 0 Å². The van der Waals surface area contributed by atoms with E-state index < -0.39 is 0 Å². The maximum absolute atomic E-state index is 12.5. The van der Waals surface area contributed by atoms with E-state index in [9.17, 15) is 9.90 Å². The standard InChI is InChI=1S/C18H28N2O2/c1-13-6-4-5-7-17(13)14(2)19-18(22)20(3)16-10-8-15(12-21)9-11-16/h4-7,14-16,21H,8-12H2,1-3H3,(H,19,22). The number of benzene rings is 1. The molecule has 1 aromatic rings. The summed E-state index contributed by atoms with van der Waals surface area (Å²) in [5.74, 6) is 0.415. The first-order valence-corrected chi connectivity index (χ1v) is 8.22. The minimum atomic E-state index is -0.0109. The Balaban J connectivity index is 1.90. The second kappa shape index (κ2) is 7.63. The van der Waals surface area contributed by atoms with Crippen LogP contribution in [0.5, 0.6) is 0 Å². The van der Waals surface area contributed by atoms with Crippen LogP contribution in [0.2, 0.25) is 0 Å². The number of urea groups is 1. The average molecular weight is 304 g/mol. The normalized spacial score (nSPS) is 22.9. The van der Waals surface area contributed by atoms with Crippen molar-refractivity contribution >= 4 is 6.03 Å². The number of rotatable bonds is 4. The maximum Gasteiger partial charge on any atom is 0.317 e. The van der Waals surface area contributed by atoms with Gasteiger partial charge < -0.3 is 15.3 Å². The lowest BCUT2D eigenvalue weighted by Gasteiger charge is -2.34. The molecule has 1 aliphatic carbocycles. The predicted octanol–water partition coefficient (Wildman–Crippen LogP) is 3.25. The van der Waals surface area contributed by atoms with E-state index in [0.29, 0.717) is 5.92 Å². The molecule has 1 aliphatic rings. The van der Waals surface area contributed by atoms with Gasteiger partial charge in [0.15, 0.2) is 0 Å². The van der Waals surface area contributed by atoms with E-state index in [1.165, 1.54) is 5.56 Å². The van der Waals surface area contributed by atoms with Gasteiger partial charge in [-0.05, 0) is 56.6 Å². The number of carbonyl (C=O) groups is 1. The van der Waals surface area contributed by atoms with Crippen molar-refractivity contribution < 1.29 is 9.90 Å². The van der Waals surface area contributed by atoms with Crippen LogP contribution in [0.25, 0.3) is 0 Å². The van der Waals surface area contributed by atoms with Gasteiger partial charge in [-0.15, -0.1) is 0 Å². The number of aliphatic hydroxyl groups excluding tert-OH is 1. The Kier molecular flexibility index (Phi) is 5.83. The van der Waals surface area contributed by atoms with Gasteiger partial charge in [0.2, 0.25) is 0 Å². The van der Waals surface area contributed by atoms with Crippen molar-refractivity contribution in [1.29, 1.82) is 0 Å². The fourth-order valence-electron chi connectivity index (χ4n) is 3.32. The van der Waals surface area contributed by atoms with Crippen molar-refractivity contribution in [2.24, 2.45) is 5.92 Å². The van der Waals surface area contributed by atoms with Crippen molar-refractivity contribution in [3.05, 3.63) is 35.4 Å². The lowest BCUT2D eigenvalue weighted by atomic mass is 9.86. The summed E-state index contributed by atoms with van der Waals surface area (Å²) >= 11 is 0. The maximum atomic E-state index is 12.5. The van der Waals surface area contributed by atoms with E-state index in [1.807, 2.05) is 31.0 Å². The highest BCUT2D eigenvalue weighted by Gasteiger charge is 2.26. The third-order valence-electron chi connectivity index (χ3n) is 4.94. The Hall–Kier alpha value is -1.55. The van der Waals surface area contributed by atoms with Gasteiger partial charge in [0, 0.05) is 19.7 Å². The number of hydrogen-bond donors (Lipinski definition) is 2. The zero-order valence-corrected chi connectivity index (χ0v) is 13.9. The van der Waals surface area contributed by atoms with Gasteiger partial charge in [-0.25, -0.2) is 4.79 Å². The van der Waals surface area contributed by atoms with Crippen LogP contribution in [-0.2, 0) is 0 Å². The highest BCUT2D eigenvalue weighted by Crippen LogP contribution is 2.27. The molecule has 4 heteroatoms. The lowest BCUT2D eigenvalue weighted by molar-refractivity contribution is 0.133. The summed E-state index contributed by atoms with van der Waals surface area (Å²) in [6, 6.07) is 8.43. The van der Waals surface area contributed by atoms with Gasteiger partial charge in [0.1, 0.15) is 0 Å². The SMILES string of the molecule is Cc1ccccc1C(C)NC(=O)N(C)C1CCC(CO)CC1. The number of hydrogen-bond acceptors (Lipinski definition) is 2. The van der Waals surface area contributed by atoms with E-state index in [2.05, 4.69) is 24.4 Å². The number of aryl methyl sites for hydroxylation is 1. The minimum Gasteiger partial charge on any atom is -0.396 e. The van der Waals surface area contributed by atoms with Crippen LogP contribution in [0.1, 0.15) is 49.8 Å². The Labute approximate surface area is 133 Å². The first-order valence-electron chi connectivity index (χ1n) is 8.22. The van der Waals surface area contributed by atoms with Crippen LogP contribution in [-0.4, -0.2) is 35.7 Å². The molecule has 1 aromatic carbocycles. The molecule has 2 N–H and O–H groups in total. The van der Waals surface area contributed by atoms with Crippen LogP contribution in [0, 0.1) is 12.8 Å². The molecule has 0 aromatic heterocycles. The van der Waals surface area contributed by atoms with Gasteiger partial charge >= 0.3 is 6.03 Å². The van der Waals surface area contributed by atoms with Crippen LogP contribution in [0.4, 0.5) is 4.79 Å². The molecule has 2 rings (SSSR count). The summed E-state index contributed by atoms with van der Waals surface area (Å²) in [5, 5.41) is 12.3. The number of aliphatic hydroxyl groups is 1. The molecule has 1 saturated carbocycles. The summed E-state index contributed by atoms with van der Waals surface area (Å²) in [6.07, 6.45) is 3.97. The Morgan fingerprint density at radius 3 is 2.55 bits per heavy atom. The summed E-state index contributed by atoms with van der Waals surface area (Å²) in [4.78, 5) is 14.3. The number of amides is 2. The summed E-state index contributed by atoms with van der Waals surface area (Å²) in [5.41, 5.74) is 2.36. The second-order valence-electron chi connectivity index (χ2n) is 6.50. The third kappa shape index (κ3) is 4.01. The third-order valence-corrected chi connectivity index (χ3v) is 4.94. The van der Waals surface area contributed by atoms with E-state index in [4.69, 9.17) is 0 Å². The van der Waals surface area contributed by atoms with E-state index in [0.717, 1.165) is 31.2 Å². The van der Waals surface area contributed by atoms with Gasteiger partial charge in [0.25, 0.3) is 0 Å². The van der Waals surface area contributed by atoms with Gasteiger partial charge in [-0.1, -0.05) is 24.3 Å². The molecule has 1 unspecified atom stereocenters. The molecule has 4 nitrogen and oxygen atoms in total. The molecule has 0 spiro atoms. The first-order chi connectivity index (χ1) is 10.5. The molecule has 0 heterocycles. The molecule has 0 aliphatic heterocycles. The molecule has 1 atom stereocenters. The molecule has 22 heavy (non-hydrogen) atoms. The largest absolute Gasteiger partial charge is 0.396 e. The second-order valence-corrected chi connectivity index (χ2v) is 6.50. The van der Waals surface area contributed by atoms with Crippen molar-refractivity contribution in [1.82, 2.24) is 10.2 Å². The number of nitrogens with zero attached hydrogens (tertiary/aromatic N) is 1. The van der Waals surface area contributed by atoms with Crippen LogP contribution in [0.15, 0.2) is 24.3 Å². The predicted molar refractivity (Wildman–Crippen MR) is 88.7 cm³/mol. The Morgan fingerprint density at radius 1 is 1.32 bits per heavy atom. The quantitative estimate of drug-likeness (QED) is 0.897. The molecule has 2 amide bonds. The van der Waals surface area contributed by atoms with Gasteiger partial charge in [-0.3, -0.25) is 0 Å². The molecule has 0 radical (unpaired) electrons.